The maximum absolute atomic E-state index is 13.3. The molecule has 0 N–H and O–H groups in total. The van der Waals surface area contributed by atoms with E-state index >= 15 is 0 Å². The minimum atomic E-state index is -0.446. The average molecular weight is 356 g/mol. The Labute approximate surface area is 155 Å². The first-order valence-electron chi connectivity index (χ1n) is 9.86. The van der Waals surface area contributed by atoms with Crippen LogP contribution in [0.5, 0.6) is 0 Å². The van der Waals surface area contributed by atoms with Gasteiger partial charge in [-0.3, -0.25) is 9.59 Å². The molecule has 5 nitrogen and oxygen atoms in total. The van der Waals surface area contributed by atoms with Crippen LogP contribution in [0.4, 0.5) is 0 Å². The zero-order valence-electron chi connectivity index (χ0n) is 15.5. The lowest BCUT2D eigenvalue weighted by atomic mass is 9.73. The fourth-order valence-corrected chi connectivity index (χ4v) is 5.02. The van der Waals surface area contributed by atoms with E-state index in [0.717, 1.165) is 32.4 Å². The second-order valence-electron chi connectivity index (χ2n) is 7.86. The molecule has 2 atom stereocenters. The van der Waals surface area contributed by atoms with Crippen molar-refractivity contribution in [2.45, 2.75) is 32.1 Å². The molecule has 5 heteroatoms. The molecular formula is C21H28N2O3. The second-order valence-corrected chi connectivity index (χ2v) is 7.86. The molecule has 1 aromatic carbocycles. The zero-order chi connectivity index (χ0) is 18.1. The van der Waals surface area contributed by atoms with Gasteiger partial charge in [0.2, 0.25) is 11.8 Å². The second kappa shape index (κ2) is 7.03. The summed E-state index contributed by atoms with van der Waals surface area (Å²) in [5.41, 5.74) is 0.735. The Morgan fingerprint density at radius 1 is 1.23 bits per heavy atom. The Hall–Kier alpha value is -1.88. The number of amides is 2. The molecule has 0 aromatic heterocycles. The van der Waals surface area contributed by atoms with E-state index in [1.165, 1.54) is 5.56 Å². The van der Waals surface area contributed by atoms with Crippen molar-refractivity contribution in [3.8, 4) is 0 Å². The van der Waals surface area contributed by atoms with Gasteiger partial charge in [0.1, 0.15) is 0 Å². The highest BCUT2D eigenvalue weighted by Gasteiger charge is 2.57. The minimum absolute atomic E-state index is 0.0501. The van der Waals surface area contributed by atoms with E-state index in [0.29, 0.717) is 26.3 Å². The quantitative estimate of drug-likeness (QED) is 0.835. The largest absolute Gasteiger partial charge is 0.381 e. The number of carbonyl (C=O) groups is 2. The predicted molar refractivity (Wildman–Crippen MR) is 98.6 cm³/mol. The molecule has 0 aliphatic carbocycles. The van der Waals surface area contributed by atoms with Crippen molar-refractivity contribution in [1.82, 2.24) is 9.80 Å². The molecular weight excluding hydrogens is 328 g/mol. The Morgan fingerprint density at radius 2 is 1.96 bits per heavy atom. The van der Waals surface area contributed by atoms with Gasteiger partial charge in [-0.05, 0) is 31.7 Å². The van der Waals surface area contributed by atoms with Crippen molar-refractivity contribution in [2.75, 3.05) is 39.4 Å². The minimum Gasteiger partial charge on any atom is -0.381 e. The van der Waals surface area contributed by atoms with Crippen LogP contribution in [0.3, 0.4) is 0 Å². The summed E-state index contributed by atoms with van der Waals surface area (Å²) in [6.07, 6.45) is 2.44. The summed E-state index contributed by atoms with van der Waals surface area (Å²) < 4.78 is 5.41. The maximum atomic E-state index is 13.3. The third-order valence-corrected chi connectivity index (χ3v) is 6.55. The smallest absolute Gasteiger partial charge is 0.231 e. The van der Waals surface area contributed by atoms with Gasteiger partial charge in [0, 0.05) is 51.2 Å². The Kier molecular flexibility index (Phi) is 4.74. The molecule has 0 radical (unpaired) electrons. The summed E-state index contributed by atoms with van der Waals surface area (Å²) in [4.78, 5) is 30.3. The standard InChI is InChI=1S/C21H28N2O3/c1-2-22-11-10-21(20(22)25)15-23(19(24)17-8-12-26-13-9-17)14-18(21)16-6-4-3-5-7-16/h3-7,17-18H,2,8-15H2,1H3/t18-,21+/m0/s1. The van der Waals surface area contributed by atoms with E-state index in [2.05, 4.69) is 12.1 Å². The van der Waals surface area contributed by atoms with Crippen molar-refractivity contribution in [1.29, 1.82) is 0 Å². The third kappa shape index (κ3) is 2.82. The highest BCUT2D eigenvalue weighted by atomic mass is 16.5. The molecule has 0 unspecified atom stereocenters. The van der Waals surface area contributed by atoms with Gasteiger partial charge >= 0.3 is 0 Å². The van der Waals surface area contributed by atoms with Gasteiger partial charge in [-0.1, -0.05) is 30.3 Å². The number of hydrogen-bond acceptors (Lipinski definition) is 3. The van der Waals surface area contributed by atoms with E-state index in [4.69, 9.17) is 4.74 Å². The van der Waals surface area contributed by atoms with Crippen LogP contribution in [0, 0.1) is 11.3 Å². The summed E-state index contributed by atoms with van der Waals surface area (Å²) in [5, 5.41) is 0. The van der Waals surface area contributed by atoms with E-state index in [-0.39, 0.29) is 23.7 Å². The van der Waals surface area contributed by atoms with Gasteiger partial charge in [-0.25, -0.2) is 0 Å². The number of rotatable bonds is 3. The van der Waals surface area contributed by atoms with Crippen LogP contribution < -0.4 is 0 Å². The molecule has 26 heavy (non-hydrogen) atoms. The number of hydrogen-bond donors (Lipinski definition) is 0. The molecule has 0 bridgehead atoms. The summed E-state index contributed by atoms with van der Waals surface area (Å²) in [6, 6.07) is 10.3. The van der Waals surface area contributed by atoms with Gasteiger partial charge < -0.3 is 14.5 Å². The van der Waals surface area contributed by atoms with Crippen LogP contribution in [0.25, 0.3) is 0 Å². The van der Waals surface area contributed by atoms with Crippen LogP contribution in [0.1, 0.15) is 37.7 Å². The molecule has 2 amide bonds. The lowest BCUT2D eigenvalue weighted by molar-refractivity contribution is -0.139. The lowest BCUT2D eigenvalue weighted by Gasteiger charge is -2.29. The molecule has 140 valence electrons. The molecule has 3 saturated heterocycles. The third-order valence-electron chi connectivity index (χ3n) is 6.55. The Balaban J connectivity index is 1.63. The Bertz CT molecular complexity index is 671. The normalized spacial score (nSPS) is 29.7. The molecule has 3 heterocycles. The van der Waals surface area contributed by atoms with Crippen molar-refractivity contribution in [2.24, 2.45) is 11.3 Å². The molecule has 1 spiro atoms. The van der Waals surface area contributed by atoms with Gasteiger partial charge in [-0.2, -0.15) is 0 Å². The van der Waals surface area contributed by atoms with Gasteiger partial charge in [0.15, 0.2) is 0 Å². The van der Waals surface area contributed by atoms with E-state index in [1.807, 2.05) is 34.9 Å². The molecule has 3 aliphatic rings. The van der Waals surface area contributed by atoms with Crippen LogP contribution >= 0.6 is 0 Å². The van der Waals surface area contributed by atoms with Crippen LogP contribution in [-0.2, 0) is 14.3 Å². The summed E-state index contributed by atoms with van der Waals surface area (Å²) in [6.45, 7) is 6.14. The van der Waals surface area contributed by atoms with E-state index < -0.39 is 5.41 Å². The van der Waals surface area contributed by atoms with Crippen LogP contribution in [-0.4, -0.2) is 61.0 Å². The molecule has 3 fully saturated rings. The number of carbonyl (C=O) groups excluding carboxylic acids is 2. The topological polar surface area (TPSA) is 49.9 Å². The summed E-state index contributed by atoms with van der Waals surface area (Å²) in [7, 11) is 0. The summed E-state index contributed by atoms with van der Waals surface area (Å²) >= 11 is 0. The van der Waals surface area contributed by atoms with Crippen molar-refractivity contribution in [3.05, 3.63) is 35.9 Å². The number of benzene rings is 1. The van der Waals surface area contributed by atoms with Gasteiger partial charge in [-0.15, -0.1) is 0 Å². The summed E-state index contributed by atoms with van der Waals surface area (Å²) in [5.74, 6) is 0.593. The first-order valence-corrected chi connectivity index (χ1v) is 9.86. The molecule has 1 aromatic rings. The SMILES string of the molecule is CCN1CC[C@]2(CN(C(=O)C3CCOCC3)C[C@H]2c2ccccc2)C1=O. The van der Waals surface area contributed by atoms with E-state index in [1.54, 1.807) is 0 Å². The predicted octanol–water partition coefficient (Wildman–Crippen LogP) is 2.28. The highest BCUT2D eigenvalue weighted by molar-refractivity contribution is 5.89. The lowest BCUT2D eigenvalue weighted by Crippen LogP contribution is -2.41. The number of likely N-dealkylation sites (tertiary alicyclic amines) is 2. The van der Waals surface area contributed by atoms with Crippen LogP contribution in [0.15, 0.2) is 30.3 Å². The maximum Gasteiger partial charge on any atom is 0.231 e. The molecule has 3 aliphatic heterocycles. The number of nitrogens with zero attached hydrogens (tertiary/aromatic N) is 2. The van der Waals surface area contributed by atoms with Gasteiger partial charge in [0.05, 0.1) is 5.41 Å². The monoisotopic (exact) mass is 356 g/mol. The van der Waals surface area contributed by atoms with Crippen molar-refractivity contribution in [3.63, 3.8) is 0 Å². The average Bonchev–Trinajstić information content (AvgIpc) is 3.24. The number of ether oxygens (including phenoxy) is 1. The fraction of sp³-hybridized carbons (Fsp3) is 0.619. The first-order chi connectivity index (χ1) is 12.7. The highest BCUT2D eigenvalue weighted by Crippen LogP contribution is 2.50. The fourth-order valence-electron chi connectivity index (χ4n) is 5.02. The van der Waals surface area contributed by atoms with Crippen molar-refractivity contribution >= 4 is 11.8 Å². The van der Waals surface area contributed by atoms with E-state index in [9.17, 15) is 9.59 Å². The molecule has 0 saturated carbocycles. The zero-order valence-corrected chi connectivity index (χ0v) is 15.5. The van der Waals surface area contributed by atoms with Crippen LogP contribution in [0.2, 0.25) is 0 Å². The van der Waals surface area contributed by atoms with Gasteiger partial charge in [0.25, 0.3) is 0 Å². The van der Waals surface area contributed by atoms with Crippen molar-refractivity contribution < 1.29 is 14.3 Å². The Morgan fingerprint density at radius 3 is 2.62 bits per heavy atom. The first kappa shape index (κ1) is 17.5. The molecule has 4 rings (SSSR count).